The van der Waals surface area contributed by atoms with Gasteiger partial charge in [-0.2, -0.15) is 5.10 Å². The number of benzene rings is 1. The van der Waals surface area contributed by atoms with Gasteiger partial charge in [0.2, 0.25) is 0 Å². The third kappa shape index (κ3) is 5.47. The molecule has 35 heavy (non-hydrogen) atoms. The van der Waals surface area contributed by atoms with Gasteiger partial charge in [-0.1, -0.05) is 34.1 Å². The molecule has 3 heterocycles. The van der Waals surface area contributed by atoms with Crippen molar-refractivity contribution in [3.8, 4) is 11.5 Å². The lowest BCUT2D eigenvalue weighted by atomic mass is 9.93. The number of fused-ring (bicyclic) bond motifs is 2. The van der Waals surface area contributed by atoms with Crippen molar-refractivity contribution in [3.05, 3.63) is 47.4 Å². The first-order chi connectivity index (χ1) is 16.8. The number of hydrogen-bond donors (Lipinski definition) is 1. The lowest BCUT2D eigenvalue weighted by molar-refractivity contribution is -0.120. The van der Waals surface area contributed by atoms with E-state index in [2.05, 4.69) is 15.4 Å². The number of ether oxygens (including phenoxy) is 2. The highest BCUT2D eigenvalue weighted by molar-refractivity contribution is 6.08. The molecule has 2 aromatic heterocycles. The van der Waals surface area contributed by atoms with Crippen molar-refractivity contribution in [2.24, 2.45) is 0 Å². The summed E-state index contributed by atoms with van der Waals surface area (Å²) in [5.74, 6) is 0.796. The largest absolute Gasteiger partial charge is 0.494 e. The maximum absolute atomic E-state index is 13.2. The van der Waals surface area contributed by atoms with Gasteiger partial charge in [-0.05, 0) is 32.4 Å². The number of nitrogens with zero attached hydrogens (tertiary/aromatic N) is 3. The lowest BCUT2D eigenvalue weighted by Crippen LogP contribution is -2.24. The Hall–Kier alpha value is -3.42. The fraction of sp³-hybridized carbons (Fsp3) is 0.481. The third-order valence-corrected chi connectivity index (χ3v) is 5.94. The van der Waals surface area contributed by atoms with Crippen LogP contribution in [-0.2, 0) is 11.2 Å². The lowest BCUT2D eigenvalue weighted by Gasteiger charge is -2.17. The van der Waals surface area contributed by atoms with Crippen LogP contribution in [0.15, 0.2) is 30.6 Å². The van der Waals surface area contributed by atoms with Gasteiger partial charge in [0.05, 0.1) is 30.6 Å². The van der Waals surface area contributed by atoms with Crippen LogP contribution in [0.4, 0.5) is 5.69 Å². The minimum Gasteiger partial charge on any atom is -0.494 e. The van der Waals surface area contributed by atoms with E-state index in [1.807, 2.05) is 47.6 Å². The van der Waals surface area contributed by atoms with Gasteiger partial charge in [0.25, 0.3) is 5.91 Å². The van der Waals surface area contributed by atoms with Crippen molar-refractivity contribution in [1.29, 1.82) is 0 Å². The summed E-state index contributed by atoms with van der Waals surface area (Å²) in [6, 6.07) is 5.50. The predicted octanol–water partition coefficient (Wildman–Crippen LogP) is 5.59. The Kier molecular flexibility index (Phi) is 8.14. The summed E-state index contributed by atoms with van der Waals surface area (Å²) in [5.41, 5.74) is 2.68. The molecule has 0 fully saturated rings. The zero-order chi connectivity index (χ0) is 25.8. The van der Waals surface area contributed by atoms with Gasteiger partial charge in [-0.25, -0.2) is 9.50 Å². The molecular weight excluding hydrogens is 444 g/mol. The van der Waals surface area contributed by atoms with Crippen LogP contribution in [0.3, 0.4) is 0 Å². The summed E-state index contributed by atoms with van der Waals surface area (Å²) >= 11 is 0. The van der Waals surface area contributed by atoms with E-state index in [4.69, 9.17) is 9.47 Å². The summed E-state index contributed by atoms with van der Waals surface area (Å²) in [4.78, 5) is 30.4. The van der Waals surface area contributed by atoms with Crippen LogP contribution in [0, 0.1) is 0 Å². The number of aromatic nitrogens is 3. The second-order valence-electron chi connectivity index (χ2n) is 8.99. The van der Waals surface area contributed by atoms with Gasteiger partial charge >= 0.3 is 0 Å². The Morgan fingerprint density at radius 2 is 2.00 bits per heavy atom. The minimum atomic E-state index is -0.347. The number of rotatable bonds is 8. The molecule has 1 unspecified atom stereocenters. The number of Topliss-reactive ketones (excluding diaryl/α,β-unsaturated/α-hetero) is 1. The second kappa shape index (κ2) is 10.9. The maximum atomic E-state index is 13.2. The molecule has 0 spiro atoms. The number of amides is 1. The first-order valence-electron chi connectivity index (χ1n) is 12.3. The van der Waals surface area contributed by atoms with Crippen LogP contribution in [0.2, 0.25) is 0 Å². The van der Waals surface area contributed by atoms with Crippen LogP contribution in [0.25, 0.3) is 5.65 Å². The van der Waals surface area contributed by atoms with Crippen LogP contribution < -0.4 is 14.8 Å². The number of nitrogens with one attached hydrogen (secondary N) is 1. The first-order valence-corrected chi connectivity index (χ1v) is 12.3. The molecule has 3 aromatic rings. The van der Waals surface area contributed by atoms with Crippen LogP contribution in [0.5, 0.6) is 11.5 Å². The Labute approximate surface area is 207 Å². The molecule has 0 saturated heterocycles. The molecule has 1 N–H and O–H groups in total. The monoisotopic (exact) mass is 480 g/mol. The van der Waals surface area contributed by atoms with E-state index >= 15 is 0 Å². The van der Waals surface area contributed by atoms with Gasteiger partial charge in [-0.15, -0.1) is 0 Å². The topological polar surface area (TPSA) is 94.8 Å². The van der Waals surface area contributed by atoms with E-state index in [0.717, 1.165) is 30.6 Å². The molecule has 0 aliphatic carbocycles. The number of anilines is 1. The van der Waals surface area contributed by atoms with Crippen molar-refractivity contribution in [2.45, 2.75) is 78.7 Å². The molecule has 1 amide bonds. The fourth-order valence-electron chi connectivity index (χ4n) is 4.33. The zero-order valence-electron chi connectivity index (χ0n) is 21.8. The molecule has 0 saturated carbocycles. The summed E-state index contributed by atoms with van der Waals surface area (Å²) in [6.07, 6.45) is 6.01. The van der Waals surface area contributed by atoms with E-state index < -0.39 is 0 Å². The molecular formula is C27H36N4O4. The molecule has 4 rings (SSSR count). The van der Waals surface area contributed by atoms with Crippen LogP contribution >= 0.6 is 0 Å². The smallest absolute Gasteiger partial charge is 0.261 e. The average Bonchev–Trinajstić information content (AvgIpc) is 3.41. The number of carbonyl (C=O) groups is 2. The molecule has 8 nitrogen and oxygen atoms in total. The van der Waals surface area contributed by atoms with Crippen LogP contribution in [0.1, 0.15) is 88.3 Å². The minimum absolute atomic E-state index is 0.146. The second-order valence-corrected chi connectivity index (χ2v) is 8.99. The number of ketones is 1. The Morgan fingerprint density at radius 3 is 2.66 bits per heavy atom. The highest BCUT2D eigenvalue weighted by Gasteiger charge is 2.31. The highest BCUT2D eigenvalue weighted by atomic mass is 16.5. The third-order valence-electron chi connectivity index (χ3n) is 5.94. The van der Waals surface area contributed by atoms with E-state index in [-0.39, 0.29) is 23.2 Å². The van der Waals surface area contributed by atoms with Crippen LogP contribution in [-0.4, -0.2) is 39.0 Å². The summed E-state index contributed by atoms with van der Waals surface area (Å²) in [7, 11) is 1.55. The highest BCUT2D eigenvalue weighted by Crippen LogP contribution is 2.41. The fourth-order valence-corrected chi connectivity index (χ4v) is 4.33. The predicted molar refractivity (Wildman–Crippen MR) is 137 cm³/mol. The van der Waals surface area contributed by atoms with Gasteiger partial charge in [0.15, 0.2) is 5.65 Å². The van der Waals surface area contributed by atoms with Crippen molar-refractivity contribution < 1.29 is 19.1 Å². The quantitative estimate of drug-likeness (QED) is 0.451. The summed E-state index contributed by atoms with van der Waals surface area (Å²) in [6.45, 7) is 11.9. The molecule has 1 aromatic carbocycles. The molecule has 1 aliphatic rings. The van der Waals surface area contributed by atoms with E-state index in [9.17, 15) is 9.59 Å². The van der Waals surface area contributed by atoms with E-state index in [0.29, 0.717) is 34.8 Å². The molecule has 1 aliphatic heterocycles. The molecule has 1 atom stereocenters. The SMILES string of the molecule is CC.CCCC(C(=O)CC)c1ccn2ncc(C(=O)Nc3cc4c(cc3OC)OC(C)(C)C4)c2n1. The van der Waals surface area contributed by atoms with Crippen molar-refractivity contribution in [1.82, 2.24) is 14.6 Å². The number of carbonyl (C=O) groups excluding carboxylic acids is 2. The van der Waals surface area contributed by atoms with Crippen molar-refractivity contribution in [2.75, 3.05) is 12.4 Å². The molecule has 188 valence electrons. The van der Waals surface area contributed by atoms with Crippen molar-refractivity contribution in [3.63, 3.8) is 0 Å². The average molecular weight is 481 g/mol. The summed E-state index contributed by atoms with van der Waals surface area (Å²) in [5, 5.41) is 7.21. The number of hydrogen-bond acceptors (Lipinski definition) is 6. The van der Waals surface area contributed by atoms with Gasteiger partial charge in [0, 0.05) is 30.7 Å². The van der Waals surface area contributed by atoms with Gasteiger partial charge < -0.3 is 14.8 Å². The van der Waals surface area contributed by atoms with Crippen molar-refractivity contribution >= 4 is 23.0 Å². The normalized spacial score (nSPS) is 14.4. The Bertz CT molecular complexity index is 1220. The van der Waals surface area contributed by atoms with E-state index in [1.54, 1.807) is 30.0 Å². The Balaban J connectivity index is 0.00000167. The zero-order valence-corrected chi connectivity index (χ0v) is 21.8. The molecule has 0 bridgehead atoms. The van der Waals surface area contributed by atoms with Gasteiger partial charge in [-0.3, -0.25) is 9.59 Å². The molecule has 0 radical (unpaired) electrons. The summed E-state index contributed by atoms with van der Waals surface area (Å²) < 4.78 is 13.0. The maximum Gasteiger partial charge on any atom is 0.261 e. The Morgan fingerprint density at radius 1 is 1.26 bits per heavy atom. The molecule has 8 heteroatoms. The van der Waals surface area contributed by atoms with Gasteiger partial charge in [0.1, 0.15) is 28.4 Å². The standard InChI is InChI=1S/C25H30N4O4.C2H6/c1-6-8-16(20(30)7-2)18-9-10-29-23(27-18)17(14-26-29)24(31)28-19-11-15-13-25(3,4)33-21(15)12-22(19)32-5;1-2/h9-12,14,16H,6-8,13H2,1-5H3,(H,28,31);1-2H3. The number of methoxy groups -OCH3 is 1. The van der Waals surface area contributed by atoms with E-state index in [1.165, 1.54) is 6.20 Å². The first kappa shape index (κ1) is 26.2.